The van der Waals surface area contributed by atoms with Crippen molar-refractivity contribution in [3.8, 4) is 0 Å². The Morgan fingerprint density at radius 3 is 2.53 bits per heavy atom. The molecule has 5 aliphatic rings. The van der Waals surface area contributed by atoms with E-state index in [-0.39, 0.29) is 23.0 Å². The van der Waals surface area contributed by atoms with Gasteiger partial charge in [-0.2, -0.15) is 4.98 Å². The molecule has 8 nitrogen and oxygen atoms in total. The average molecular weight is 531 g/mol. The van der Waals surface area contributed by atoms with Gasteiger partial charge >= 0.3 is 6.09 Å². The van der Waals surface area contributed by atoms with E-state index in [0.717, 1.165) is 67.6 Å². The van der Waals surface area contributed by atoms with Crippen LogP contribution in [0.5, 0.6) is 0 Å². The summed E-state index contributed by atoms with van der Waals surface area (Å²) in [7, 11) is 0. The van der Waals surface area contributed by atoms with Gasteiger partial charge in [0.2, 0.25) is 5.89 Å². The van der Waals surface area contributed by atoms with E-state index in [2.05, 4.69) is 26.1 Å². The molecule has 5 fully saturated rings. The molecule has 2 aromatic rings. The van der Waals surface area contributed by atoms with Crippen LogP contribution in [0.1, 0.15) is 81.8 Å². The highest BCUT2D eigenvalue weighted by molar-refractivity contribution is 9.10. The van der Waals surface area contributed by atoms with Gasteiger partial charge < -0.3 is 14.0 Å². The van der Waals surface area contributed by atoms with Gasteiger partial charge in [0.05, 0.1) is 13.2 Å². The molecule has 2 bridgehead atoms. The molecule has 4 aliphatic carbocycles. The summed E-state index contributed by atoms with van der Waals surface area (Å²) in [4.78, 5) is 24.5. The summed E-state index contributed by atoms with van der Waals surface area (Å²) in [6.45, 7) is 1.89. The number of ether oxygens (including phenoxy) is 2. The molecule has 0 atom stereocenters. The first-order chi connectivity index (χ1) is 16.5. The topological polar surface area (TPSA) is 90.6 Å². The molecule has 4 saturated carbocycles. The highest BCUT2D eigenvalue weighted by Gasteiger charge is 2.53. The highest BCUT2D eigenvalue weighted by Crippen LogP contribution is 2.58. The van der Waals surface area contributed by atoms with Gasteiger partial charge in [-0.05, 0) is 68.9 Å². The van der Waals surface area contributed by atoms with Crippen molar-refractivity contribution in [1.29, 1.82) is 0 Å². The zero-order chi connectivity index (χ0) is 23.2. The third kappa shape index (κ3) is 4.37. The summed E-state index contributed by atoms with van der Waals surface area (Å²) in [5.74, 6) is 2.88. The first-order valence-corrected chi connectivity index (χ1v) is 13.4. The zero-order valence-electron chi connectivity index (χ0n) is 19.4. The smallest absolute Gasteiger partial charge is 0.415 e. The van der Waals surface area contributed by atoms with E-state index in [1.165, 1.54) is 12.8 Å². The number of rotatable bonds is 6. The number of carbonyl (C=O) groups is 1. The number of nitrogens with zero attached hydrogens (tertiary/aromatic N) is 4. The molecule has 1 aliphatic heterocycles. The van der Waals surface area contributed by atoms with Crippen molar-refractivity contribution in [2.24, 2.45) is 5.41 Å². The van der Waals surface area contributed by atoms with Crippen LogP contribution in [0, 0.1) is 5.41 Å². The molecule has 0 unspecified atom stereocenters. The lowest BCUT2D eigenvalue weighted by Crippen LogP contribution is -2.51. The molecule has 1 saturated heterocycles. The Kier molecular flexibility index (Phi) is 5.88. The molecule has 1 amide bonds. The van der Waals surface area contributed by atoms with Crippen molar-refractivity contribution >= 4 is 27.8 Å². The minimum Gasteiger partial charge on any atom is -0.446 e. The molecule has 7 rings (SSSR count). The third-order valence-corrected chi connectivity index (χ3v) is 8.87. The van der Waals surface area contributed by atoms with E-state index in [9.17, 15) is 4.79 Å². The molecule has 0 spiro atoms. The minimum absolute atomic E-state index is 0.00332. The molecule has 0 aromatic carbocycles. The predicted molar refractivity (Wildman–Crippen MR) is 128 cm³/mol. The summed E-state index contributed by atoms with van der Waals surface area (Å²) < 4.78 is 18.0. The lowest BCUT2D eigenvalue weighted by Gasteiger charge is -2.52. The second kappa shape index (κ2) is 8.90. The molecular formula is C25H31BrN4O4. The van der Waals surface area contributed by atoms with Gasteiger partial charge in [-0.25, -0.2) is 9.78 Å². The number of pyridine rings is 1. The molecule has 182 valence electrons. The fraction of sp³-hybridized carbons (Fsp3) is 0.680. The Balaban J connectivity index is 1.19. The van der Waals surface area contributed by atoms with Crippen LogP contribution in [0.3, 0.4) is 0 Å². The number of halogens is 1. The minimum atomic E-state index is -0.305. The number of amides is 1. The molecule has 3 heterocycles. The average Bonchev–Trinajstić information content (AvgIpc) is 3.60. The summed E-state index contributed by atoms with van der Waals surface area (Å²) in [6, 6.07) is 3.77. The fourth-order valence-electron chi connectivity index (χ4n) is 5.89. The van der Waals surface area contributed by atoms with E-state index in [0.29, 0.717) is 31.5 Å². The quantitative estimate of drug-likeness (QED) is 0.485. The number of fused-ring (bicyclic) bond motifs is 3. The van der Waals surface area contributed by atoms with E-state index < -0.39 is 0 Å². The van der Waals surface area contributed by atoms with E-state index in [1.54, 1.807) is 11.1 Å². The van der Waals surface area contributed by atoms with Crippen LogP contribution >= 0.6 is 15.9 Å². The van der Waals surface area contributed by atoms with E-state index in [4.69, 9.17) is 19.0 Å². The molecule has 9 heteroatoms. The number of aromatic nitrogens is 3. The summed E-state index contributed by atoms with van der Waals surface area (Å²) >= 11 is 3.53. The Labute approximate surface area is 207 Å². The largest absolute Gasteiger partial charge is 0.446 e. The van der Waals surface area contributed by atoms with Crippen LogP contribution in [0.2, 0.25) is 0 Å². The van der Waals surface area contributed by atoms with Gasteiger partial charge in [-0.1, -0.05) is 21.1 Å². The monoisotopic (exact) mass is 530 g/mol. The predicted octanol–water partition coefficient (Wildman–Crippen LogP) is 5.52. The first-order valence-electron chi connectivity index (χ1n) is 12.6. The number of carbonyl (C=O) groups excluding carboxylic acids is 1. The zero-order valence-corrected chi connectivity index (χ0v) is 21.0. The van der Waals surface area contributed by atoms with Gasteiger partial charge in [0.1, 0.15) is 11.9 Å². The molecule has 0 N–H and O–H groups in total. The van der Waals surface area contributed by atoms with E-state index >= 15 is 0 Å². The van der Waals surface area contributed by atoms with Crippen LogP contribution in [-0.4, -0.2) is 47.1 Å². The van der Waals surface area contributed by atoms with Crippen LogP contribution in [0.4, 0.5) is 10.6 Å². The normalized spacial score (nSPS) is 29.2. The van der Waals surface area contributed by atoms with Crippen molar-refractivity contribution in [2.75, 3.05) is 24.7 Å². The van der Waals surface area contributed by atoms with E-state index in [1.807, 2.05) is 12.1 Å². The Hall–Kier alpha value is -2.00. The number of anilines is 1. The maximum absolute atomic E-state index is 13.4. The molecule has 0 radical (unpaired) electrons. The standard InChI is InChI=1S/C25H31BrN4O4/c26-18-3-12-27-20(15-18)30(23(31)33-19-4-13-32-14-5-19)16-24-6-9-25(10-7-24,11-8-24)22-28-21(29-34-22)17-1-2-17/h3,12,15,17,19H,1-2,4-11,13-14,16H2. The fourth-order valence-corrected chi connectivity index (χ4v) is 6.22. The molecular weight excluding hydrogens is 500 g/mol. The second-order valence-corrected chi connectivity index (χ2v) is 11.5. The SMILES string of the molecule is O=C(OC1CCOCC1)N(CC12CCC(c3nc(C4CC4)no3)(CC1)CC2)c1cc(Br)ccn1. The summed E-state index contributed by atoms with van der Waals surface area (Å²) in [5.41, 5.74) is 0.0587. The molecule has 2 aromatic heterocycles. The van der Waals surface area contributed by atoms with Crippen LogP contribution in [0.25, 0.3) is 0 Å². The summed E-state index contributed by atoms with van der Waals surface area (Å²) in [6.07, 6.45) is 11.3. The highest BCUT2D eigenvalue weighted by atomic mass is 79.9. The van der Waals surface area contributed by atoms with Crippen molar-refractivity contribution in [3.63, 3.8) is 0 Å². The van der Waals surface area contributed by atoms with Crippen molar-refractivity contribution in [2.45, 2.75) is 81.6 Å². The second-order valence-electron chi connectivity index (χ2n) is 10.6. The molecule has 34 heavy (non-hydrogen) atoms. The lowest BCUT2D eigenvalue weighted by atomic mass is 9.53. The Morgan fingerprint density at radius 1 is 1.12 bits per heavy atom. The summed E-state index contributed by atoms with van der Waals surface area (Å²) in [5, 5.41) is 4.28. The maximum atomic E-state index is 13.4. The van der Waals surface area contributed by atoms with Crippen LogP contribution in [0.15, 0.2) is 27.3 Å². The number of hydrogen-bond donors (Lipinski definition) is 0. The number of hydrogen-bond acceptors (Lipinski definition) is 7. The van der Waals surface area contributed by atoms with Gasteiger partial charge in [0, 0.05) is 41.4 Å². The van der Waals surface area contributed by atoms with Crippen LogP contribution < -0.4 is 4.90 Å². The van der Waals surface area contributed by atoms with Gasteiger partial charge in [-0.3, -0.25) is 4.90 Å². The van der Waals surface area contributed by atoms with Crippen molar-refractivity contribution < 1.29 is 18.8 Å². The maximum Gasteiger partial charge on any atom is 0.415 e. The Morgan fingerprint density at radius 2 is 1.85 bits per heavy atom. The van der Waals surface area contributed by atoms with Crippen molar-refractivity contribution in [1.82, 2.24) is 15.1 Å². The lowest BCUT2D eigenvalue weighted by molar-refractivity contribution is -0.000232. The Bertz CT molecular complexity index is 1020. The van der Waals surface area contributed by atoms with Gasteiger partial charge in [-0.15, -0.1) is 0 Å². The third-order valence-electron chi connectivity index (χ3n) is 8.37. The van der Waals surface area contributed by atoms with Gasteiger partial charge in [0.15, 0.2) is 5.82 Å². The van der Waals surface area contributed by atoms with Gasteiger partial charge in [0.25, 0.3) is 0 Å². The first kappa shape index (κ1) is 22.5. The van der Waals surface area contributed by atoms with Crippen LogP contribution in [-0.2, 0) is 14.9 Å². The van der Waals surface area contributed by atoms with Crippen molar-refractivity contribution in [3.05, 3.63) is 34.5 Å².